The minimum atomic E-state index is -0.554. The molecule has 1 saturated carbocycles. The maximum atomic E-state index is 12.5. The number of rotatable bonds is 3. The first-order valence-electron chi connectivity index (χ1n) is 9.13. The average Bonchev–Trinajstić information content (AvgIpc) is 3.34. The van der Waals surface area contributed by atoms with Gasteiger partial charge in [0, 0.05) is 67.3 Å². The highest BCUT2D eigenvalue weighted by Crippen LogP contribution is 2.38. The number of halogens is 1. The van der Waals surface area contributed by atoms with Crippen molar-refractivity contribution in [1.82, 2.24) is 18.7 Å². The Kier molecular flexibility index (Phi) is 5.59. The molecule has 2 fully saturated rings. The van der Waals surface area contributed by atoms with Crippen LogP contribution < -0.4 is 4.90 Å². The fourth-order valence-corrected chi connectivity index (χ4v) is 4.80. The van der Waals surface area contributed by atoms with E-state index in [-0.39, 0.29) is 5.91 Å². The molecular formula is C19H19IN6OS. The quantitative estimate of drug-likeness (QED) is 0.495. The number of aromatic nitrogens is 4. The van der Waals surface area contributed by atoms with E-state index in [1.807, 2.05) is 35.5 Å². The summed E-state index contributed by atoms with van der Waals surface area (Å²) in [5, 5.41) is 14.3. The van der Waals surface area contributed by atoms with Gasteiger partial charge in [-0.05, 0) is 18.6 Å². The zero-order chi connectivity index (χ0) is 19.7. The van der Waals surface area contributed by atoms with E-state index in [2.05, 4.69) is 37.4 Å². The Morgan fingerprint density at radius 3 is 2.71 bits per heavy atom. The third kappa shape index (κ3) is 3.63. The predicted octanol–water partition coefficient (Wildman–Crippen LogP) is 4.33. The van der Waals surface area contributed by atoms with Crippen molar-refractivity contribution in [3.05, 3.63) is 30.7 Å². The van der Waals surface area contributed by atoms with Crippen LogP contribution in [0.5, 0.6) is 0 Å². The normalized spacial score (nSPS) is 18.1. The summed E-state index contributed by atoms with van der Waals surface area (Å²) < 4.78 is 3.78. The minimum absolute atomic E-state index is 0.132. The molecule has 1 atom stereocenters. The van der Waals surface area contributed by atoms with Crippen LogP contribution in [0.1, 0.15) is 25.7 Å². The summed E-state index contributed by atoms with van der Waals surface area (Å²) in [6.45, 7) is 0.557. The third-order valence-electron chi connectivity index (χ3n) is 4.71. The lowest BCUT2D eigenvalue weighted by molar-refractivity contribution is -0.118. The van der Waals surface area contributed by atoms with Crippen molar-refractivity contribution in [2.45, 2.75) is 25.7 Å². The number of nitrogens with zero attached hydrogens (tertiary/aromatic N) is 6. The summed E-state index contributed by atoms with van der Waals surface area (Å²) in [6, 6.07) is 5.97. The van der Waals surface area contributed by atoms with Gasteiger partial charge in [0.15, 0.2) is 5.65 Å². The summed E-state index contributed by atoms with van der Waals surface area (Å²) >= 11 is 2.22. The molecule has 1 aliphatic heterocycles. The van der Waals surface area contributed by atoms with Crippen molar-refractivity contribution in [3.8, 4) is 17.3 Å². The Labute approximate surface area is 179 Å². The van der Waals surface area contributed by atoms with Crippen LogP contribution in [-0.4, -0.2) is 31.2 Å². The van der Waals surface area contributed by atoms with Crippen molar-refractivity contribution in [1.29, 1.82) is 5.26 Å². The Bertz CT molecular complexity index is 1060. The van der Waals surface area contributed by atoms with Crippen LogP contribution in [0.25, 0.3) is 22.3 Å². The molecule has 4 heterocycles. The molecule has 0 bridgehead atoms. The van der Waals surface area contributed by atoms with Crippen LogP contribution >= 0.6 is 30.3 Å². The third-order valence-corrected chi connectivity index (χ3v) is 6.40. The fourth-order valence-electron chi connectivity index (χ4n) is 3.16. The lowest BCUT2D eigenvalue weighted by Gasteiger charge is -2.16. The molecule has 0 spiro atoms. The first-order chi connectivity index (χ1) is 13.6. The van der Waals surface area contributed by atoms with Gasteiger partial charge in [-0.25, -0.2) is 4.98 Å². The largest absolute Gasteiger partial charge is 0.310 e. The van der Waals surface area contributed by atoms with E-state index < -0.39 is 5.92 Å². The molecule has 1 aliphatic carbocycles. The number of nitriles is 1. The molecule has 3 aromatic rings. The maximum Gasteiger partial charge on any atom is 0.244 e. The topological polar surface area (TPSA) is 79.7 Å². The SMILES string of the molecule is C1CC1.Cn1cc(-c2cc3c(N4CCC(C#N)C4=O)ccnc3n2SI)cn1. The number of pyridine rings is 1. The van der Waals surface area contributed by atoms with E-state index >= 15 is 0 Å². The monoisotopic (exact) mass is 506 g/mol. The highest BCUT2D eigenvalue weighted by Gasteiger charge is 2.33. The fraction of sp³-hybridized carbons (Fsp3) is 0.368. The molecule has 5 rings (SSSR count). The van der Waals surface area contributed by atoms with Crippen LogP contribution in [-0.2, 0) is 11.8 Å². The molecule has 1 unspecified atom stereocenters. The number of anilines is 1. The van der Waals surface area contributed by atoms with Gasteiger partial charge < -0.3 is 4.90 Å². The second kappa shape index (κ2) is 8.13. The van der Waals surface area contributed by atoms with Crippen LogP contribution in [0.4, 0.5) is 5.69 Å². The van der Waals surface area contributed by atoms with Gasteiger partial charge in [-0.3, -0.25) is 13.4 Å². The molecule has 0 aromatic carbocycles. The molecule has 1 saturated heterocycles. The van der Waals surface area contributed by atoms with Crippen molar-refractivity contribution in [2.24, 2.45) is 13.0 Å². The Morgan fingerprint density at radius 2 is 2.14 bits per heavy atom. The van der Waals surface area contributed by atoms with Crippen LogP contribution in [0.15, 0.2) is 30.7 Å². The molecule has 0 radical (unpaired) electrons. The van der Waals surface area contributed by atoms with Crippen molar-refractivity contribution in [2.75, 3.05) is 11.4 Å². The summed E-state index contributed by atoms with van der Waals surface area (Å²) in [5.41, 5.74) is 3.57. The van der Waals surface area contributed by atoms with Crippen LogP contribution in [0.2, 0.25) is 0 Å². The molecule has 28 heavy (non-hydrogen) atoms. The second-order valence-electron chi connectivity index (χ2n) is 6.88. The summed E-state index contributed by atoms with van der Waals surface area (Å²) in [7, 11) is 3.40. The van der Waals surface area contributed by atoms with E-state index in [4.69, 9.17) is 5.26 Å². The number of amides is 1. The summed E-state index contributed by atoms with van der Waals surface area (Å²) in [5.74, 6) is -0.685. The van der Waals surface area contributed by atoms with Crippen molar-refractivity contribution >= 4 is 53.0 Å². The number of hydrogen-bond donors (Lipinski definition) is 0. The van der Waals surface area contributed by atoms with E-state index in [9.17, 15) is 4.79 Å². The number of aryl methyl sites for hydroxylation is 1. The minimum Gasteiger partial charge on any atom is -0.310 e. The van der Waals surface area contributed by atoms with E-state index in [1.54, 1.807) is 15.8 Å². The van der Waals surface area contributed by atoms with Gasteiger partial charge >= 0.3 is 0 Å². The second-order valence-corrected chi connectivity index (χ2v) is 8.57. The molecule has 3 aromatic heterocycles. The van der Waals surface area contributed by atoms with Gasteiger partial charge in [0.25, 0.3) is 0 Å². The first-order valence-corrected chi connectivity index (χ1v) is 12.4. The molecule has 144 valence electrons. The van der Waals surface area contributed by atoms with Crippen LogP contribution in [0, 0.1) is 17.2 Å². The van der Waals surface area contributed by atoms with Gasteiger partial charge in [0.1, 0.15) is 5.92 Å². The lowest BCUT2D eigenvalue weighted by atomic mass is 10.1. The standard InChI is InChI=1S/C16H13IN6OS.C3H6/c1-21-9-11(8-20-21)14-6-12-13(2-4-19-15(12)23(14)25-17)22-5-3-10(7-18)16(22)24;1-2-3-1/h2,4,6,8-10H,3,5H2,1H3;1-3H2. The molecule has 0 N–H and O–H groups in total. The highest BCUT2D eigenvalue weighted by atomic mass is 127. The maximum absolute atomic E-state index is 12.5. The molecular weight excluding hydrogens is 487 g/mol. The molecule has 9 heteroatoms. The lowest BCUT2D eigenvalue weighted by Crippen LogP contribution is -2.26. The van der Waals surface area contributed by atoms with Crippen molar-refractivity contribution < 1.29 is 4.79 Å². The molecule has 7 nitrogen and oxygen atoms in total. The van der Waals surface area contributed by atoms with Gasteiger partial charge in [0.2, 0.25) is 5.91 Å². The van der Waals surface area contributed by atoms with Gasteiger partial charge in [-0.1, -0.05) is 19.3 Å². The van der Waals surface area contributed by atoms with Crippen LogP contribution in [0.3, 0.4) is 0 Å². The predicted molar refractivity (Wildman–Crippen MR) is 119 cm³/mol. The average molecular weight is 506 g/mol. The number of fused-ring (bicyclic) bond motifs is 1. The number of hydrogen-bond acceptors (Lipinski definition) is 5. The van der Waals surface area contributed by atoms with E-state index in [0.717, 1.165) is 28.0 Å². The number of carbonyl (C=O) groups excluding carboxylic acids is 1. The smallest absolute Gasteiger partial charge is 0.244 e. The molecule has 1 amide bonds. The Balaban J connectivity index is 0.000000586. The van der Waals surface area contributed by atoms with Gasteiger partial charge in [0.05, 0.1) is 23.6 Å². The van der Waals surface area contributed by atoms with Gasteiger partial charge in [-0.15, -0.1) is 0 Å². The number of carbonyl (C=O) groups is 1. The highest BCUT2D eigenvalue weighted by molar-refractivity contribution is 14.2. The zero-order valence-electron chi connectivity index (χ0n) is 15.4. The zero-order valence-corrected chi connectivity index (χ0v) is 18.4. The summed E-state index contributed by atoms with van der Waals surface area (Å²) in [4.78, 5) is 18.7. The summed E-state index contributed by atoms with van der Waals surface area (Å²) in [6.07, 6.45) is 10.5. The van der Waals surface area contributed by atoms with Crippen molar-refractivity contribution in [3.63, 3.8) is 0 Å². The molecule has 2 aliphatic rings. The Hall–Kier alpha value is -2.06. The van der Waals surface area contributed by atoms with E-state index in [0.29, 0.717) is 13.0 Å². The van der Waals surface area contributed by atoms with E-state index in [1.165, 1.54) is 28.4 Å². The first kappa shape index (κ1) is 19.3. The Morgan fingerprint density at radius 1 is 1.36 bits per heavy atom. The van der Waals surface area contributed by atoms with Gasteiger partial charge in [-0.2, -0.15) is 10.4 Å².